The lowest BCUT2D eigenvalue weighted by atomic mass is 10.1. The van der Waals surface area contributed by atoms with E-state index in [4.69, 9.17) is 0 Å². The first-order chi connectivity index (χ1) is 15.6. The highest BCUT2D eigenvalue weighted by Gasteiger charge is 2.29. The van der Waals surface area contributed by atoms with Gasteiger partial charge in [-0.3, -0.25) is 14.6 Å². The Kier molecular flexibility index (Phi) is 4.95. The van der Waals surface area contributed by atoms with Gasteiger partial charge in [0.25, 0.3) is 11.8 Å². The highest BCUT2D eigenvalue weighted by molar-refractivity contribution is 6.24. The molecule has 5 rings (SSSR count). The molecule has 32 heavy (non-hydrogen) atoms. The minimum absolute atomic E-state index is 0.00189. The van der Waals surface area contributed by atoms with Gasteiger partial charge in [-0.1, -0.05) is 42.5 Å². The number of hydrogen-bond acceptors (Lipinski definition) is 4. The Labute approximate surface area is 185 Å². The van der Waals surface area contributed by atoms with Gasteiger partial charge in [-0.05, 0) is 54.3 Å². The normalized spacial score (nSPS) is 13.0. The summed E-state index contributed by atoms with van der Waals surface area (Å²) in [5.41, 5.74) is 6.97. The predicted molar refractivity (Wildman–Crippen MR) is 125 cm³/mol. The Morgan fingerprint density at radius 3 is 2.50 bits per heavy atom. The van der Waals surface area contributed by atoms with E-state index in [2.05, 4.69) is 15.5 Å². The molecular weight excluding hydrogens is 400 g/mol. The van der Waals surface area contributed by atoms with Crippen molar-refractivity contribution in [3.8, 4) is 0 Å². The van der Waals surface area contributed by atoms with E-state index < -0.39 is 0 Å². The Hall–Kier alpha value is -4.32. The van der Waals surface area contributed by atoms with Gasteiger partial charge in [0.15, 0.2) is 0 Å². The van der Waals surface area contributed by atoms with Crippen molar-refractivity contribution in [2.75, 3.05) is 4.90 Å². The van der Waals surface area contributed by atoms with Crippen LogP contribution in [0.3, 0.4) is 0 Å². The molecule has 6 heteroatoms. The van der Waals surface area contributed by atoms with Crippen molar-refractivity contribution in [2.24, 2.45) is 5.10 Å². The van der Waals surface area contributed by atoms with E-state index in [1.807, 2.05) is 66.7 Å². The smallest absolute Gasteiger partial charge is 0.271 e. The van der Waals surface area contributed by atoms with E-state index in [0.717, 1.165) is 27.6 Å². The van der Waals surface area contributed by atoms with Gasteiger partial charge in [0.1, 0.15) is 0 Å². The first-order valence-corrected chi connectivity index (χ1v) is 10.3. The topological polar surface area (TPSA) is 74.7 Å². The second-order valence-electron chi connectivity index (χ2n) is 7.62. The monoisotopic (exact) mass is 420 g/mol. The zero-order valence-electron chi connectivity index (χ0n) is 17.4. The fourth-order valence-corrected chi connectivity index (χ4v) is 3.91. The van der Waals surface area contributed by atoms with E-state index in [1.165, 1.54) is 0 Å². The number of amides is 2. The zero-order chi connectivity index (χ0) is 22.1. The number of hydrogen-bond donors (Lipinski definition) is 1. The van der Waals surface area contributed by atoms with Gasteiger partial charge in [0, 0.05) is 22.7 Å². The van der Waals surface area contributed by atoms with Crippen molar-refractivity contribution in [1.29, 1.82) is 0 Å². The highest BCUT2D eigenvalue weighted by Crippen LogP contribution is 2.37. The van der Waals surface area contributed by atoms with Crippen molar-refractivity contribution in [3.05, 3.63) is 107 Å². The summed E-state index contributed by atoms with van der Waals surface area (Å²) in [6.07, 6.45) is 1.68. The lowest BCUT2D eigenvalue weighted by Gasteiger charge is -2.18. The molecule has 4 aromatic rings. The summed E-state index contributed by atoms with van der Waals surface area (Å²) in [5, 5.41) is 6.19. The number of nitrogens with zero attached hydrogens (tertiary/aromatic N) is 3. The molecule has 156 valence electrons. The molecule has 0 radical (unpaired) electrons. The van der Waals surface area contributed by atoms with Gasteiger partial charge < -0.3 is 4.90 Å². The van der Waals surface area contributed by atoms with E-state index in [1.54, 1.807) is 30.2 Å². The number of nitrogens with one attached hydrogen (secondary N) is 1. The molecule has 0 unspecified atom stereocenters. The molecule has 3 aromatic carbocycles. The largest absolute Gasteiger partial charge is 0.303 e. The maximum atomic E-state index is 13.0. The van der Waals surface area contributed by atoms with E-state index >= 15 is 0 Å². The number of pyridine rings is 1. The Morgan fingerprint density at radius 1 is 0.969 bits per heavy atom. The number of anilines is 1. The van der Waals surface area contributed by atoms with Crippen LogP contribution >= 0.6 is 0 Å². The summed E-state index contributed by atoms with van der Waals surface area (Å²) < 4.78 is 0. The second-order valence-corrected chi connectivity index (χ2v) is 7.62. The van der Waals surface area contributed by atoms with Gasteiger partial charge in [-0.15, -0.1) is 0 Å². The van der Waals surface area contributed by atoms with Crippen LogP contribution in [0.25, 0.3) is 10.8 Å². The summed E-state index contributed by atoms with van der Waals surface area (Å²) in [4.78, 5) is 31.4. The van der Waals surface area contributed by atoms with Gasteiger partial charge in [-0.25, -0.2) is 5.43 Å². The number of benzene rings is 3. The minimum Gasteiger partial charge on any atom is -0.303 e. The lowest BCUT2D eigenvalue weighted by Crippen LogP contribution is -2.26. The number of hydrazone groups is 1. The van der Waals surface area contributed by atoms with Gasteiger partial charge in [-0.2, -0.15) is 5.10 Å². The fourth-order valence-electron chi connectivity index (χ4n) is 3.91. The molecule has 2 heterocycles. The van der Waals surface area contributed by atoms with Crippen LogP contribution in [0.15, 0.2) is 90.2 Å². The summed E-state index contributed by atoms with van der Waals surface area (Å²) in [6, 6.07) is 24.5. The Morgan fingerprint density at radius 2 is 1.75 bits per heavy atom. The second kappa shape index (κ2) is 8.07. The molecule has 1 aliphatic rings. The first-order valence-electron chi connectivity index (χ1n) is 10.3. The third-order valence-corrected chi connectivity index (χ3v) is 5.57. The van der Waals surface area contributed by atoms with Crippen LogP contribution in [0.4, 0.5) is 5.69 Å². The number of aromatic nitrogens is 1. The predicted octanol–water partition coefficient (Wildman–Crippen LogP) is 4.55. The Balaban J connectivity index is 1.30. The highest BCUT2D eigenvalue weighted by atomic mass is 16.2. The van der Waals surface area contributed by atoms with Crippen LogP contribution in [0.5, 0.6) is 0 Å². The lowest BCUT2D eigenvalue weighted by molar-refractivity contribution is 0.0953. The van der Waals surface area contributed by atoms with Crippen LogP contribution in [0.1, 0.15) is 38.9 Å². The molecule has 0 spiro atoms. The van der Waals surface area contributed by atoms with Crippen LogP contribution in [0, 0.1) is 0 Å². The Bertz CT molecular complexity index is 1360. The van der Waals surface area contributed by atoms with E-state index in [-0.39, 0.29) is 11.8 Å². The quantitative estimate of drug-likeness (QED) is 0.380. The number of carbonyl (C=O) groups excluding carboxylic acids is 2. The van der Waals surface area contributed by atoms with E-state index in [9.17, 15) is 9.59 Å². The maximum Gasteiger partial charge on any atom is 0.271 e. The third kappa shape index (κ3) is 3.52. The molecule has 0 fully saturated rings. The molecule has 0 bridgehead atoms. The standard InChI is InChI=1S/C26H20N4O2/c1-17(22-9-2-3-15-27-22)28-29-25(31)20-13-11-18(12-14-20)16-30-23-10-5-7-19-6-4-8-21(24(19)23)26(30)32/h2-15H,16H2,1H3,(H,29,31). The third-order valence-electron chi connectivity index (χ3n) is 5.57. The van der Waals surface area contributed by atoms with Crippen molar-refractivity contribution >= 4 is 34.0 Å². The fraction of sp³-hybridized carbons (Fsp3) is 0.0769. The average Bonchev–Trinajstić information content (AvgIpc) is 3.11. The minimum atomic E-state index is -0.304. The summed E-state index contributed by atoms with van der Waals surface area (Å²) in [6.45, 7) is 2.22. The molecule has 1 aromatic heterocycles. The van der Waals surface area contributed by atoms with Crippen molar-refractivity contribution in [3.63, 3.8) is 0 Å². The van der Waals surface area contributed by atoms with Crippen LogP contribution in [0.2, 0.25) is 0 Å². The van der Waals surface area contributed by atoms with Crippen molar-refractivity contribution < 1.29 is 9.59 Å². The SMILES string of the molecule is CC(=NNC(=O)c1ccc(CN2C(=O)c3cccc4cccc2c34)cc1)c1ccccn1. The molecule has 1 N–H and O–H groups in total. The summed E-state index contributed by atoms with van der Waals surface area (Å²) >= 11 is 0. The van der Waals surface area contributed by atoms with Crippen LogP contribution < -0.4 is 10.3 Å². The van der Waals surface area contributed by atoms with Gasteiger partial charge in [0.2, 0.25) is 0 Å². The molecule has 0 aliphatic carbocycles. The van der Waals surface area contributed by atoms with Gasteiger partial charge in [0.05, 0.1) is 23.6 Å². The van der Waals surface area contributed by atoms with Crippen molar-refractivity contribution in [1.82, 2.24) is 10.4 Å². The number of rotatable bonds is 5. The van der Waals surface area contributed by atoms with Crippen molar-refractivity contribution in [2.45, 2.75) is 13.5 Å². The van der Waals surface area contributed by atoms with E-state index in [0.29, 0.717) is 23.5 Å². The van der Waals surface area contributed by atoms with Crippen LogP contribution in [-0.4, -0.2) is 22.5 Å². The van der Waals surface area contributed by atoms with Crippen LogP contribution in [-0.2, 0) is 6.54 Å². The zero-order valence-corrected chi connectivity index (χ0v) is 17.4. The van der Waals surface area contributed by atoms with Gasteiger partial charge >= 0.3 is 0 Å². The maximum absolute atomic E-state index is 13.0. The average molecular weight is 420 g/mol. The molecule has 6 nitrogen and oxygen atoms in total. The molecule has 0 saturated carbocycles. The number of carbonyl (C=O) groups is 2. The molecule has 0 saturated heterocycles. The molecular formula is C26H20N4O2. The molecule has 1 aliphatic heterocycles. The molecule has 0 atom stereocenters. The summed E-state index contributed by atoms with van der Waals surface area (Å²) in [5.74, 6) is -0.306. The summed E-state index contributed by atoms with van der Waals surface area (Å²) in [7, 11) is 0. The molecule has 2 amide bonds. The first kappa shape index (κ1) is 19.6.